The maximum atomic E-state index is 11.5. The van der Waals surface area contributed by atoms with E-state index in [9.17, 15) is 8.42 Å². The molecule has 1 atom stereocenters. The second-order valence-corrected chi connectivity index (χ2v) is 6.18. The molecule has 0 saturated heterocycles. The molecule has 1 unspecified atom stereocenters. The number of alkyl halides is 1. The Morgan fingerprint density at radius 3 is 2.08 bits per heavy atom. The van der Waals surface area contributed by atoms with E-state index in [1.807, 2.05) is 6.92 Å². The molecule has 80 valence electrons. The average Bonchev–Trinajstić information content (AvgIpc) is 1.99. The molecule has 6 heteroatoms. The minimum absolute atomic E-state index is 0.000174. The molecular formula is C7H17ClN2O2S. The van der Waals surface area contributed by atoms with Crippen molar-refractivity contribution < 1.29 is 8.42 Å². The molecule has 0 spiro atoms. The quantitative estimate of drug-likeness (QED) is 0.652. The molecule has 0 heterocycles. The first kappa shape index (κ1) is 13.2. The molecule has 0 saturated carbocycles. The van der Waals surface area contributed by atoms with Crippen molar-refractivity contribution in [2.75, 3.05) is 27.7 Å². The van der Waals surface area contributed by atoms with Crippen molar-refractivity contribution in [2.45, 2.75) is 18.7 Å². The highest BCUT2D eigenvalue weighted by molar-refractivity contribution is 7.86. The Hall–Kier alpha value is 0.160. The van der Waals surface area contributed by atoms with Gasteiger partial charge in [-0.3, -0.25) is 0 Å². The van der Waals surface area contributed by atoms with E-state index in [0.717, 1.165) is 0 Å². The summed E-state index contributed by atoms with van der Waals surface area (Å²) >= 11 is 5.72. The molecule has 0 aliphatic carbocycles. The number of hydrogen-bond acceptors (Lipinski definition) is 2. The van der Waals surface area contributed by atoms with Gasteiger partial charge in [-0.05, 0) is 13.3 Å². The Kier molecular flexibility index (Phi) is 5.21. The van der Waals surface area contributed by atoms with E-state index in [-0.39, 0.29) is 5.38 Å². The molecule has 0 fully saturated rings. The Morgan fingerprint density at radius 1 is 1.31 bits per heavy atom. The summed E-state index contributed by atoms with van der Waals surface area (Å²) in [5.74, 6) is 0. The summed E-state index contributed by atoms with van der Waals surface area (Å²) < 4.78 is 25.4. The van der Waals surface area contributed by atoms with Crippen molar-refractivity contribution in [3.05, 3.63) is 0 Å². The first-order valence-electron chi connectivity index (χ1n) is 4.06. The monoisotopic (exact) mass is 228 g/mol. The summed E-state index contributed by atoms with van der Waals surface area (Å²) in [5.41, 5.74) is 0. The van der Waals surface area contributed by atoms with Gasteiger partial charge >= 0.3 is 0 Å². The third-order valence-corrected chi connectivity index (χ3v) is 3.81. The lowest BCUT2D eigenvalue weighted by atomic mass is 10.3. The van der Waals surface area contributed by atoms with E-state index < -0.39 is 10.2 Å². The summed E-state index contributed by atoms with van der Waals surface area (Å²) in [5, 5.41) is -0.000174. The van der Waals surface area contributed by atoms with Gasteiger partial charge in [-0.2, -0.15) is 17.0 Å². The molecule has 0 rings (SSSR count). The molecule has 0 bridgehead atoms. The maximum absolute atomic E-state index is 11.5. The van der Waals surface area contributed by atoms with Gasteiger partial charge < -0.3 is 0 Å². The zero-order chi connectivity index (χ0) is 10.6. The third-order valence-electron chi connectivity index (χ3n) is 1.70. The van der Waals surface area contributed by atoms with Crippen LogP contribution in [0.15, 0.2) is 0 Å². The standard InChI is InChI=1S/C7H17ClN2O2S/c1-7(8)5-6-10(4)13(11,12)9(2)3/h7H,5-6H2,1-4H3. The van der Waals surface area contributed by atoms with Crippen LogP contribution in [0.5, 0.6) is 0 Å². The fourth-order valence-corrected chi connectivity index (χ4v) is 1.75. The molecule has 0 aliphatic heterocycles. The Morgan fingerprint density at radius 2 is 1.77 bits per heavy atom. The minimum atomic E-state index is -3.26. The van der Waals surface area contributed by atoms with E-state index in [0.29, 0.717) is 13.0 Å². The molecule has 0 aromatic heterocycles. The normalized spacial score (nSPS) is 15.3. The van der Waals surface area contributed by atoms with Crippen LogP contribution in [-0.4, -0.2) is 50.1 Å². The van der Waals surface area contributed by atoms with Crippen LogP contribution in [0.25, 0.3) is 0 Å². The lowest BCUT2D eigenvalue weighted by molar-refractivity contribution is 0.412. The molecular weight excluding hydrogens is 212 g/mol. The number of hydrogen-bond donors (Lipinski definition) is 0. The van der Waals surface area contributed by atoms with Gasteiger partial charge in [0.2, 0.25) is 0 Å². The predicted molar refractivity (Wildman–Crippen MR) is 55.2 cm³/mol. The van der Waals surface area contributed by atoms with Crippen molar-refractivity contribution >= 4 is 21.8 Å². The zero-order valence-electron chi connectivity index (χ0n) is 8.49. The zero-order valence-corrected chi connectivity index (χ0v) is 10.1. The smallest absolute Gasteiger partial charge is 0.195 e. The van der Waals surface area contributed by atoms with Crippen molar-refractivity contribution in [3.8, 4) is 0 Å². The molecule has 0 aliphatic rings. The highest BCUT2D eigenvalue weighted by Crippen LogP contribution is 2.06. The van der Waals surface area contributed by atoms with E-state index >= 15 is 0 Å². The van der Waals surface area contributed by atoms with E-state index in [1.54, 1.807) is 7.05 Å². The van der Waals surface area contributed by atoms with Crippen LogP contribution in [0, 0.1) is 0 Å². The van der Waals surface area contributed by atoms with Crippen LogP contribution in [0.2, 0.25) is 0 Å². The van der Waals surface area contributed by atoms with Crippen molar-refractivity contribution in [2.24, 2.45) is 0 Å². The summed E-state index contributed by atoms with van der Waals surface area (Å²) in [6.45, 7) is 2.29. The summed E-state index contributed by atoms with van der Waals surface area (Å²) in [4.78, 5) is 0. The maximum Gasteiger partial charge on any atom is 0.281 e. The van der Waals surface area contributed by atoms with Crippen molar-refractivity contribution in [1.82, 2.24) is 8.61 Å². The van der Waals surface area contributed by atoms with Crippen LogP contribution >= 0.6 is 11.6 Å². The number of rotatable bonds is 5. The molecule has 0 amide bonds. The molecule has 4 nitrogen and oxygen atoms in total. The molecule has 0 radical (unpaired) electrons. The Balaban J connectivity index is 4.19. The topological polar surface area (TPSA) is 40.6 Å². The van der Waals surface area contributed by atoms with Gasteiger partial charge in [-0.15, -0.1) is 11.6 Å². The molecule has 0 aromatic rings. The molecule has 13 heavy (non-hydrogen) atoms. The van der Waals surface area contributed by atoms with Gasteiger partial charge in [0.05, 0.1) is 0 Å². The van der Waals surface area contributed by atoms with Crippen molar-refractivity contribution in [1.29, 1.82) is 0 Å². The van der Waals surface area contributed by atoms with Crippen LogP contribution in [-0.2, 0) is 10.2 Å². The van der Waals surface area contributed by atoms with Gasteiger partial charge in [-0.25, -0.2) is 0 Å². The van der Waals surface area contributed by atoms with E-state index in [1.165, 1.54) is 22.7 Å². The third kappa shape index (κ3) is 4.26. The fraction of sp³-hybridized carbons (Fsp3) is 1.00. The van der Waals surface area contributed by atoms with Crippen molar-refractivity contribution in [3.63, 3.8) is 0 Å². The highest BCUT2D eigenvalue weighted by Gasteiger charge is 2.19. The summed E-state index contributed by atoms with van der Waals surface area (Å²) in [6.07, 6.45) is 0.658. The van der Waals surface area contributed by atoms with Gasteiger partial charge in [-0.1, -0.05) is 0 Å². The van der Waals surface area contributed by atoms with Gasteiger partial charge in [0, 0.05) is 33.1 Å². The van der Waals surface area contributed by atoms with E-state index in [4.69, 9.17) is 11.6 Å². The van der Waals surface area contributed by atoms with E-state index in [2.05, 4.69) is 0 Å². The Bertz CT molecular complexity index is 239. The van der Waals surface area contributed by atoms with Gasteiger partial charge in [0.1, 0.15) is 0 Å². The Labute approximate surface area is 85.6 Å². The number of halogens is 1. The highest BCUT2D eigenvalue weighted by atomic mass is 35.5. The van der Waals surface area contributed by atoms with Gasteiger partial charge in [0.25, 0.3) is 10.2 Å². The van der Waals surface area contributed by atoms with Gasteiger partial charge in [0.15, 0.2) is 0 Å². The lowest BCUT2D eigenvalue weighted by Crippen LogP contribution is -2.38. The van der Waals surface area contributed by atoms with Crippen LogP contribution in [0.1, 0.15) is 13.3 Å². The van der Waals surface area contributed by atoms with Crippen LogP contribution in [0.3, 0.4) is 0 Å². The van der Waals surface area contributed by atoms with Crippen LogP contribution in [0.4, 0.5) is 0 Å². The lowest BCUT2D eigenvalue weighted by Gasteiger charge is -2.21. The minimum Gasteiger partial charge on any atom is -0.195 e. The first-order chi connectivity index (χ1) is 5.78. The second kappa shape index (κ2) is 5.14. The largest absolute Gasteiger partial charge is 0.281 e. The summed E-state index contributed by atoms with van der Waals surface area (Å²) in [7, 11) is 1.31. The fourth-order valence-electron chi connectivity index (χ4n) is 0.754. The second-order valence-electron chi connectivity index (χ2n) is 3.18. The summed E-state index contributed by atoms with van der Waals surface area (Å²) in [6, 6.07) is 0. The van der Waals surface area contributed by atoms with Crippen LogP contribution < -0.4 is 0 Å². The average molecular weight is 229 g/mol. The molecule has 0 N–H and O–H groups in total. The number of nitrogens with zero attached hydrogens (tertiary/aromatic N) is 2. The first-order valence-corrected chi connectivity index (χ1v) is 5.89. The molecule has 0 aromatic carbocycles. The SMILES string of the molecule is CC(Cl)CCN(C)S(=O)(=O)N(C)C. The predicted octanol–water partition coefficient (Wildman–Crippen LogP) is 0.742.